The lowest BCUT2D eigenvalue weighted by molar-refractivity contribution is 0.0527. The van der Waals surface area contributed by atoms with E-state index in [0.717, 1.165) is 11.3 Å². The maximum Gasteiger partial charge on any atom is 0.341 e. The predicted octanol–water partition coefficient (Wildman–Crippen LogP) is 2.82. The predicted molar refractivity (Wildman–Crippen MR) is 110 cm³/mol. The minimum Gasteiger partial charge on any atom is -0.493 e. The lowest BCUT2D eigenvalue weighted by Crippen LogP contribution is -2.21. The molecule has 156 valence electrons. The molecule has 4 N–H and O–H groups in total. The topological polar surface area (TPSA) is 145 Å². The molecule has 0 saturated heterocycles. The van der Waals surface area contributed by atoms with Crippen LogP contribution in [-0.4, -0.2) is 31.5 Å². The number of para-hydroxylation sites is 1. The zero-order valence-corrected chi connectivity index (χ0v) is 17.3. The van der Waals surface area contributed by atoms with Crippen LogP contribution in [0.1, 0.15) is 42.9 Å². The number of primary amides is 1. The Labute approximate surface area is 174 Å². The van der Waals surface area contributed by atoms with Gasteiger partial charge in [0.05, 0.1) is 24.2 Å². The summed E-state index contributed by atoms with van der Waals surface area (Å²) in [7, 11) is 1.47. The van der Waals surface area contributed by atoms with E-state index in [1.165, 1.54) is 13.2 Å². The molecule has 2 aromatic heterocycles. The van der Waals surface area contributed by atoms with Gasteiger partial charge in [0.2, 0.25) is 5.55 Å². The number of amides is 2. The number of nitrogens with one attached hydrogen (secondary N) is 2. The molecule has 0 saturated carbocycles. The first-order valence-corrected chi connectivity index (χ1v) is 9.67. The van der Waals surface area contributed by atoms with Crippen molar-refractivity contribution in [2.45, 2.75) is 13.8 Å². The van der Waals surface area contributed by atoms with Crippen LogP contribution in [-0.2, 0) is 4.74 Å². The van der Waals surface area contributed by atoms with E-state index >= 15 is 0 Å². The van der Waals surface area contributed by atoms with Crippen molar-refractivity contribution < 1.29 is 28.3 Å². The van der Waals surface area contributed by atoms with E-state index in [4.69, 9.17) is 25.0 Å². The Morgan fingerprint density at radius 3 is 2.67 bits per heavy atom. The van der Waals surface area contributed by atoms with Gasteiger partial charge in [-0.15, -0.1) is 11.3 Å². The minimum atomic E-state index is -0.725. The van der Waals surface area contributed by atoms with E-state index < -0.39 is 17.8 Å². The standard InChI is InChI=1S/C20H19N3O6S/c1-4-28-20(26)13-9(2)15(16(21)24)30-19(13)23-18(25)11-8-10-6-5-7-12(27-3)14(10)29-17(11)22/h5-8,22H,4H2,1-3H3,(H2,21,24)(H,23,25). The normalized spacial score (nSPS) is 10.6. The summed E-state index contributed by atoms with van der Waals surface area (Å²) in [6.45, 7) is 3.31. The van der Waals surface area contributed by atoms with Gasteiger partial charge in [0.15, 0.2) is 11.3 Å². The zero-order chi connectivity index (χ0) is 22.0. The highest BCUT2D eigenvalue weighted by molar-refractivity contribution is 7.18. The van der Waals surface area contributed by atoms with Crippen molar-refractivity contribution in [1.29, 1.82) is 5.41 Å². The smallest absolute Gasteiger partial charge is 0.341 e. The molecule has 0 atom stereocenters. The maximum atomic E-state index is 12.9. The number of hydrogen-bond acceptors (Lipinski definition) is 8. The molecule has 2 heterocycles. The highest BCUT2D eigenvalue weighted by atomic mass is 32.1. The second-order valence-corrected chi connectivity index (χ2v) is 7.19. The Kier molecular flexibility index (Phi) is 5.88. The second-order valence-electron chi connectivity index (χ2n) is 6.17. The van der Waals surface area contributed by atoms with E-state index in [1.807, 2.05) is 0 Å². The van der Waals surface area contributed by atoms with E-state index in [0.29, 0.717) is 22.3 Å². The molecule has 2 amide bonds. The molecule has 1 aromatic carbocycles. The number of carbonyl (C=O) groups is 3. The number of esters is 1. The molecule has 0 unspecified atom stereocenters. The van der Waals surface area contributed by atoms with Crippen molar-refractivity contribution >= 4 is 45.1 Å². The van der Waals surface area contributed by atoms with Crippen molar-refractivity contribution in [1.82, 2.24) is 0 Å². The third-order valence-corrected chi connectivity index (χ3v) is 5.52. The van der Waals surface area contributed by atoms with E-state index in [2.05, 4.69) is 5.32 Å². The van der Waals surface area contributed by atoms with Crippen LogP contribution in [0.4, 0.5) is 5.00 Å². The van der Waals surface area contributed by atoms with Crippen LogP contribution in [0.5, 0.6) is 5.75 Å². The summed E-state index contributed by atoms with van der Waals surface area (Å²) in [4.78, 5) is 37.1. The number of methoxy groups -OCH3 is 1. The summed E-state index contributed by atoms with van der Waals surface area (Å²) in [6, 6.07) is 6.60. The van der Waals surface area contributed by atoms with Gasteiger partial charge in [-0.2, -0.15) is 0 Å². The number of anilines is 1. The quantitative estimate of drug-likeness (QED) is 0.514. The molecular formula is C20H19N3O6S. The van der Waals surface area contributed by atoms with Gasteiger partial charge in [-0.25, -0.2) is 4.79 Å². The first kappa shape index (κ1) is 21.1. The van der Waals surface area contributed by atoms with Gasteiger partial charge in [-0.3, -0.25) is 15.0 Å². The molecule has 0 bridgehead atoms. The number of fused-ring (bicyclic) bond motifs is 1. The fraction of sp³-hybridized carbons (Fsp3) is 0.200. The van der Waals surface area contributed by atoms with Gasteiger partial charge >= 0.3 is 5.97 Å². The summed E-state index contributed by atoms with van der Waals surface area (Å²) in [5.74, 6) is -1.67. The number of carbonyl (C=O) groups excluding carboxylic acids is 3. The molecule has 0 aliphatic heterocycles. The fourth-order valence-corrected chi connectivity index (χ4v) is 3.96. The van der Waals surface area contributed by atoms with Gasteiger partial charge in [0.25, 0.3) is 11.8 Å². The maximum absolute atomic E-state index is 12.9. The van der Waals surface area contributed by atoms with Crippen molar-refractivity contribution in [3.63, 3.8) is 0 Å². The Morgan fingerprint density at radius 1 is 1.30 bits per heavy atom. The summed E-state index contributed by atoms with van der Waals surface area (Å²) in [5, 5.41) is 11.3. The molecule has 0 spiro atoms. The lowest BCUT2D eigenvalue weighted by Gasteiger charge is -2.09. The largest absolute Gasteiger partial charge is 0.493 e. The fourth-order valence-electron chi connectivity index (χ4n) is 2.92. The number of ether oxygens (including phenoxy) is 2. The SMILES string of the molecule is CCOC(=O)c1c(NC(=O)c2cc3cccc(OC)c3oc2=N)sc(C(N)=O)c1C. The lowest BCUT2D eigenvalue weighted by atomic mass is 10.1. The van der Waals surface area contributed by atoms with Crippen LogP contribution in [0.2, 0.25) is 0 Å². The highest BCUT2D eigenvalue weighted by Crippen LogP contribution is 2.34. The third kappa shape index (κ3) is 3.77. The van der Waals surface area contributed by atoms with Gasteiger partial charge in [-0.1, -0.05) is 12.1 Å². The van der Waals surface area contributed by atoms with E-state index in [-0.39, 0.29) is 33.2 Å². The van der Waals surface area contributed by atoms with Crippen LogP contribution >= 0.6 is 11.3 Å². The Bertz CT molecular complexity index is 1230. The van der Waals surface area contributed by atoms with Crippen molar-refractivity contribution in [3.05, 3.63) is 51.4 Å². The summed E-state index contributed by atoms with van der Waals surface area (Å²) in [5.41, 5.74) is 5.64. The van der Waals surface area contributed by atoms with Crippen LogP contribution in [0.25, 0.3) is 11.0 Å². The molecule has 30 heavy (non-hydrogen) atoms. The molecule has 0 aliphatic rings. The van der Waals surface area contributed by atoms with E-state index in [9.17, 15) is 14.4 Å². The second kappa shape index (κ2) is 8.37. The first-order chi connectivity index (χ1) is 14.3. The molecular weight excluding hydrogens is 410 g/mol. The van der Waals surface area contributed by atoms with Crippen LogP contribution < -0.4 is 21.3 Å². The first-order valence-electron chi connectivity index (χ1n) is 8.85. The van der Waals surface area contributed by atoms with Gasteiger partial charge < -0.3 is 24.9 Å². The molecule has 0 aliphatic carbocycles. The van der Waals surface area contributed by atoms with Crippen LogP contribution in [0.15, 0.2) is 28.7 Å². The number of benzene rings is 1. The third-order valence-electron chi connectivity index (χ3n) is 4.30. The Balaban J connectivity index is 2.05. The summed E-state index contributed by atoms with van der Waals surface area (Å²) >= 11 is 0.868. The Hall–Kier alpha value is -3.66. The number of hydrogen-bond donors (Lipinski definition) is 3. The average molecular weight is 429 g/mol. The number of thiophene rings is 1. The molecule has 9 nitrogen and oxygen atoms in total. The van der Waals surface area contributed by atoms with Crippen LogP contribution in [0.3, 0.4) is 0 Å². The van der Waals surface area contributed by atoms with Crippen molar-refractivity contribution in [2.75, 3.05) is 19.0 Å². The minimum absolute atomic E-state index is 0.0509. The van der Waals surface area contributed by atoms with Gasteiger partial charge in [0.1, 0.15) is 10.6 Å². The highest BCUT2D eigenvalue weighted by Gasteiger charge is 2.26. The molecule has 0 radical (unpaired) electrons. The molecule has 0 fully saturated rings. The Morgan fingerprint density at radius 2 is 2.03 bits per heavy atom. The van der Waals surface area contributed by atoms with Crippen molar-refractivity contribution in [3.8, 4) is 5.75 Å². The van der Waals surface area contributed by atoms with Gasteiger partial charge in [0, 0.05) is 5.39 Å². The van der Waals surface area contributed by atoms with Crippen molar-refractivity contribution in [2.24, 2.45) is 5.73 Å². The number of nitrogens with two attached hydrogens (primary N) is 1. The van der Waals surface area contributed by atoms with E-state index in [1.54, 1.807) is 32.0 Å². The summed E-state index contributed by atoms with van der Waals surface area (Å²) < 4.78 is 15.7. The molecule has 3 aromatic rings. The van der Waals surface area contributed by atoms with Crippen LogP contribution in [0, 0.1) is 12.3 Å². The van der Waals surface area contributed by atoms with Gasteiger partial charge in [-0.05, 0) is 31.5 Å². The summed E-state index contributed by atoms with van der Waals surface area (Å²) in [6.07, 6.45) is 0. The monoisotopic (exact) mass is 429 g/mol. The number of rotatable bonds is 6. The molecule has 3 rings (SSSR count). The average Bonchev–Trinajstić information content (AvgIpc) is 3.03. The molecule has 10 heteroatoms. The zero-order valence-electron chi connectivity index (χ0n) is 16.5.